The third-order valence-electron chi connectivity index (χ3n) is 3.88. The first-order valence-corrected chi connectivity index (χ1v) is 9.85. The van der Waals surface area contributed by atoms with Gasteiger partial charge in [-0.25, -0.2) is 8.42 Å². The lowest BCUT2D eigenvalue weighted by Gasteiger charge is -2.25. The minimum atomic E-state index is -4.11. The molecule has 2 aromatic rings. The molecule has 0 unspecified atom stereocenters. The molecule has 0 heterocycles. The first-order valence-electron chi connectivity index (χ1n) is 8.41. The number of methoxy groups -OCH3 is 3. The van der Waals surface area contributed by atoms with E-state index >= 15 is 0 Å². The van der Waals surface area contributed by atoms with Crippen molar-refractivity contribution in [3.05, 3.63) is 42.5 Å². The Balaban J connectivity index is 2.59. The highest BCUT2D eigenvalue weighted by Gasteiger charge is 2.30. The van der Waals surface area contributed by atoms with E-state index in [9.17, 15) is 13.2 Å². The molecule has 0 N–H and O–H groups in total. The van der Waals surface area contributed by atoms with Gasteiger partial charge in [0.05, 0.1) is 38.5 Å². The summed E-state index contributed by atoms with van der Waals surface area (Å²) in [5.74, 6) is 0.496. The third kappa shape index (κ3) is 4.66. The number of rotatable bonds is 9. The molecular weight excluding hydrogens is 386 g/mol. The Labute approximate surface area is 164 Å². The van der Waals surface area contributed by atoms with Crippen LogP contribution in [0.25, 0.3) is 0 Å². The lowest BCUT2D eigenvalue weighted by Crippen LogP contribution is -2.37. The molecule has 0 spiro atoms. The van der Waals surface area contributed by atoms with Crippen molar-refractivity contribution in [2.45, 2.75) is 11.8 Å². The van der Waals surface area contributed by atoms with Crippen molar-refractivity contribution < 1.29 is 32.2 Å². The second-order valence-corrected chi connectivity index (χ2v) is 7.39. The van der Waals surface area contributed by atoms with Gasteiger partial charge >= 0.3 is 5.97 Å². The molecule has 9 heteroatoms. The van der Waals surface area contributed by atoms with Crippen LogP contribution in [-0.4, -0.2) is 48.9 Å². The zero-order chi connectivity index (χ0) is 20.7. The second kappa shape index (κ2) is 9.32. The van der Waals surface area contributed by atoms with Crippen LogP contribution < -0.4 is 18.5 Å². The van der Waals surface area contributed by atoms with E-state index in [2.05, 4.69) is 0 Å². The Morgan fingerprint density at radius 3 is 2.07 bits per heavy atom. The molecule has 28 heavy (non-hydrogen) atoms. The number of carbonyl (C=O) groups excluding carboxylic acids is 1. The number of hydrogen-bond acceptors (Lipinski definition) is 7. The summed E-state index contributed by atoms with van der Waals surface area (Å²) in [7, 11) is 0.243. The largest absolute Gasteiger partial charge is 0.497 e. The molecule has 0 atom stereocenters. The molecular formula is C19H23NO7S. The molecule has 0 aliphatic heterocycles. The van der Waals surface area contributed by atoms with Gasteiger partial charge in [-0.3, -0.25) is 9.10 Å². The van der Waals surface area contributed by atoms with Crippen LogP contribution in [0.2, 0.25) is 0 Å². The number of hydrogen-bond donors (Lipinski definition) is 0. The third-order valence-corrected chi connectivity index (χ3v) is 5.65. The van der Waals surface area contributed by atoms with E-state index in [1.807, 2.05) is 0 Å². The maximum atomic E-state index is 13.3. The Morgan fingerprint density at radius 1 is 0.929 bits per heavy atom. The van der Waals surface area contributed by atoms with Gasteiger partial charge in [0.15, 0.2) is 0 Å². The van der Waals surface area contributed by atoms with Crippen molar-refractivity contribution >= 4 is 21.7 Å². The van der Waals surface area contributed by atoms with Crippen LogP contribution in [-0.2, 0) is 19.6 Å². The number of esters is 1. The van der Waals surface area contributed by atoms with E-state index in [0.29, 0.717) is 11.5 Å². The maximum Gasteiger partial charge on any atom is 0.326 e. The summed E-state index contributed by atoms with van der Waals surface area (Å²) in [6.07, 6.45) is 0. The fourth-order valence-corrected chi connectivity index (χ4v) is 3.90. The summed E-state index contributed by atoms with van der Waals surface area (Å²) in [6, 6.07) is 10.5. The van der Waals surface area contributed by atoms with Crippen LogP contribution >= 0.6 is 0 Å². The Kier molecular flexibility index (Phi) is 7.11. The minimum Gasteiger partial charge on any atom is -0.497 e. The first-order chi connectivity index (χ1) is 13.4. The molecule has 2 rings (SSSR count). The summed E-state index contributed by atoms with van der Waals surface area (Å²) < 4.78 is 48.1. The molecule has 0 bridgehead atoms. The number of anilines is 1. The van der Waals surface area contributed by atoms with Crippen LogP contribution in [0.3, 0.4) is 0 Å². The SMILES string of the molecule is CCOC(=O)CN(c1cc(OC)ccc1OC)S(=O)(=O)c1ccc(OC)cc1. The fourth-order valence-electron chi connectivity index (χ4n) is 2.49. The number of carbonyl (C=O) groups is 1. The van der Waals surface area contributed by atoms with Crippen molar-refractivity contribution in [3.8, 4) is 17.2 Å². The summed E-state index contributed by atoms with van der Waals surface area (Å²) in [5, 5.41) is 0. The highest BCUT2D eigenvalue weighted by molar-refractivity contribution is 7.92. The van der Waals surface area contributed by atoms with Gasteiger partial charge in [0.25, 0.3) is 10.0 Å². The summed E-state index contributed by atoms with van der Waals surface area (Å²) in [4.78, 5) is 12.1. The van der Waals surface area contributed by atoms with Crippen LogP contribution in [0.4, 0.5) is 5.69 Å². The van der Waals surface area contributed by atoms with E-state index in [1.165, 1.54) is 51.7 Å². The Morgan fingerprint density at radius 2 is 1.54 bits per heavy atom. The predicted molar refractivity (Wildman–Crippen MR) is 104 cm³/mol. The fraction of sp³-hybridized carbons (Fsp3) is 0.316. The molecule has 0 amide bonds. The number of ether oxygens (including phenoxy) is 4. The minimum absolute atomic E-state index is 0.0116. The Bertz CT molecular complexity index is 910. The zero-order valence-electron chi connectivity index (χ0n) is 16.2. The van der Waals surface area contributed by atoms with Gasteiger partial charge in [-0.05, 0) is 43.3 Å². The van der Waals surface area contributed by atoms with Gasteiger partial charge in [0.2, 0.25) is 0 Å². The van der Waals surface area contributed by atoms with E-state index in [1.54, 1.807) is 19.1 Å². The van der Waals surface area contributed by atoms with Gasteiger partial charge in [-0.1, -0.05) is 0 Å². The van der Waals surface area contributed by atoms with Crippen molar-refractivity contribution in [3.63, 3.8) is 0 Å². The van der Waals surface area contributed by atoms with Crippen LogP contribution in [0.15, 0.2) is 47.4 Å². The maximum absolute atomic E-state index is 13.3. The topological polar surface area (TPSA) is 91.4 Å². The Hall–Kier alpha value is -2.94. The van der Waals surface area contributed by atoms with Gasteiger partial charge < -0.3 is 18.9 Å². The average molecular weight is 409 g/mol. The van der Waals surface area contributed by atoms with Crippen LogP contribution in [0.1, 0.15) is 6.92 Å². The van der Waals surface area contributed by atoms with Gasteiger partial charge in [-0.15, -0.1) is 0 Å². The van der Waals surface area contributed by atoms with Gasteiger partial charge in [0, 0.05) is 6.07 Å². The lowest BCUT2D eigenvalue weighted by molar-refractivity contribution is -0.141. The lowest BCUT2D eigenvalue weighted by atomic mass is 10.2. The normalized spacial score (nSPS) is 10.9. The molecule has 0 aliphatic rings. The zero-order valence-corrected chi connectivity index (χ0v) is 17.0. The molecule has 0 radical (unpaired) electrons. The van der Waals surface area contributed by atoms with Gasteiger partial charge in [0.1, 0.15) is 23.8 Å². The monoisotopic (exact) mass is 409 g/mol. The predicted octanol–water partition coefficient (Wildman–Crippen LogP) is 2.47. The van der Waals surface area contributed by atoms with Crippen molar-refractivity contribution in [2.24, 2.45) is 0 Å². The van der Waals surface area contributed by atoms with Crippen LogP contribution in [0.5, 0.6) is 17.2 Å². The highest BCUT2D eigenvalue weighted by atomic mass is 32.2. The van der Waals surface area contributed by atoms with Crippen molar-refractivity contribution in [1.82, 2.24) is 0 Å². The standard InChI is InChI=1S/C19H23NO7S/c1-5-27-19(21)13-20(17-12-15(25-3)8-11-18(17)26-4)28(22,23)16-9-6-14(24-2)7-10-16/h6-12H,5,13H2,1-4H3. The van der Waals surface area contributed by atoms with Gasteiger partial charge in [-0.2, -0.15) is 0 Å². The molecule has 8 nitrogen and oxygen atoms in total. The molecule has 0 saturated heterocycles. The van der Waals surface area contributed by atoms with E-state index in [0.717, 1.165) is 4.31 Å². The molecule has 0 aromatic heterocycles. The highest BCUT2D eigenvalue weighted by Crippen LogP contribution is 2.35. The van der Waals surface area contributed by atoms with Crippen molar-refractivity contribution in [2.75, 3.05) is 38.8 Å². The molecule has 2 aromatic carbocycles. The van der Waals surface area contributed by atoms with E-state index in [4.69, 9.17) is 18.9 Å². The quantitative estimate of drug-likeness (QED) is 0.588. The molecule has 0 aliphatic carbocycles. The summed E-state index contributed by atoms with van der Waals surface area (Å²) in [6.45, 7) is 1.25. The van der Waals surface area contributed by atoms with E-state index < -0.39 is 22.5 Å². The smallest absolute Gasteiger partial charge is 0.326 e. The first kappa shape index (κ1) is 21.4. The average Bonchev–Trinajstić information content (AvgIpc) is 2.71. The second-order valence-electron chi connectivity index (χ2n) is 5.53. The summed E-state index contributed by atoms with van der Waals surface area (Å²) in [5.41, 5.74) is 0.158. The van der Waals surface area contributed by atoms with Crippen LogP contribution in [0, 0.1) is 0 Å². The number of nitrogens with zero attached hydrogens (tertiary/aromatic N) is 1. The molecule has 0 fully saturated rings. The molecule has 0 saturated carbocycles. The number of benzene rings is 2. The van der Waals surface area contributed by atoms with Crippen molar-refractivity contribution in [1.29, 1.82) is 0 Å². The molecule has 152 valence electrons. The van der Waals surface area contributed by atoms with E-state index in [-0.39, 0.29) is 22.9 Å². The number of sulfonamides is 1. The summed E-state index contributed by atoms with van der Waals surface area (Å²) >= 11 is 0.